The zero-order chi connectivity index (χ0) is 16.2. The van der Waals surface area contributed by atoms with Gasteiger partial charge in [-0.1, -0.05) is 12.1 Å². The number of thiazole rings is 1. The van der Waals surface area contributed by atoms with Gasteiger partial charge in [-0.2, -0.15) is 0 Å². The number of benzene rings is 1. The summed E-state index contributed by atoms with van der Waals surface area (Å²) in [6.07, 6.45) is 4.45. The fraction of sp³-hybridized carbons (Fsp3) is 0.412. The molecule has 1 fully saturated rings. The number of carbonyl (C=O) groups is 1. The molecule has 1 aliphatic carbocycles. The highest BCUT2D eigenvalue weighted by Crippen LogP contribution is 2.28. The molecule has 0 aliphatic heterocycles. The molecule has 3 N–H and O–H groups in total. The zero-order valence-electron chi connectivity index (χ0n) is 13.1. The Morgan fingerprint density at radius 2 is 2.35 bits per heavy atom. The van der Waals surface area contributed by atoms with E-state index in [0.717, 1.165) is 40.5 Å². The second-order valence-corrected chi connectivity index (χ2v) is 6.97. The predicted molar refractivity (Wildman–Crippen MR) is 91.3 cm³/mol. The van der Waals surface area contributed by atoms with Crippen molar-refractivity contribution in [2.75, 3.05) is 7.11 Å². The van der Waals surface area contributed by atoms with Crippen LogP contribution in [0.15, 0.2) is 30.5 Å². The third-order valence-corrected chi connectivity index (χ3v) is 5.20. The lowest BCUT2D eigenvalue weighted by Crippen LogP contribution is -2.29. The number of carbonyl (C=O) groups excluding carboxylic acids is 1. The Balaban J connectivity index is 1.60. The van der Waals surface area contributed by atoms with Crippen LogP contribution < -0.4 is 15.8 Å². The largest absolute Gasteiger partial charge is 0.497 e. The Labute approximate surface area is 139 Å². The summed E-state index contributed by atoms with van der Waals surface area (Å²) in [4.78, 5) is 17.6. The van der Waals surface area contributed by atoms with Crippen molar-refractivity contribution in [2.24, 2.45) is 11.7 Å². The van der Waals surface area contributed by atoms with Gasteiger partial charge in [0.05, 0.1) is 13.7 Å². The Kier molecular flexibility index (Phi) is 4.93. The first-order valence-electron chi connectivity index (χ1n) is 7.78. The van der Waals surface area contributed by atoms with Gasteiger partial charge in [0.15, 0.2) is 0 Å². The molecule has 3 rings (SSSR count). The molecular formula is C17H21N3O2S. The van der Waals surface area contributed by atoms with E-state index in [1.54, 1.807) is 18.4 Å². The van der Waals surface area contributed by atoms with Crippen molar-refractivity contribution in [3.63, 3.8) is 0 Å². The molecule has 2 aromatic rings. The minimum Gasteiger partial charge on any atom is -0.497 e. The minimum atomic E-state index is 0.0655. The van der Waals surface area contributed by atoms with Gasteiger partial charge in [0.2, 0.25) is 5.91 Å². The molecule has 0 saturated heterocycles. The standard InChI is InChI=1S/C17H21N3O2S/c1-22-14-4-2-3-12(8-14)17-20-10-15(23-17)9-19-16(21)11-5-6-13(18)7-11/h2-4,8,10-11,13H,5-7,9,18H2,1H3,(H,19,21)/t11-,13+/m1/s1. The molecule has 1 saturated carbocycles. The second-order valence-electron chi connectivity index (χ2n) is 5.85. The third kappa shape index (κ3) is 3.89. The van der Waals surface area contributed by atoms with Crippen molar-refractivity contribution in [1.82, 2.24) is 10.3 Å². The van der Waals surface area contributed by atoms with Gasteiger partial charge < -0.3 is 15.8 Å². The topological polar surface area (TPSA) is 77.2 Å². The summed E-state index contributed by atoms with van der Waals surface area (Å²) in [5, 5.41) is 3.93. The molecule has 0 unspecified atom stereocenters. The normalized spacial score (nSPS) is 20.4. The number of nitrogens with two attached hydrogens (primary N) is 1. The van der Waals surface area contributed by atoms with Crippen molar-refractivity contribution in [1.29, 1.82) is 0 Å². The van der Waals surface area contributed by atoms with Gasteiger partial charge >= 0.3 is 0 Å². The van der Waals surface area contributed by atoms with Gasteiger partial charge in [0.25, 0.3) is 0 Å². The lowest BCUT2D eigenvalue weighted by molar-refractivity contribution is -0.124. The van der Waals surface area contributed by atoms with Crippen LogP contribution in [0.25, 0.3) is 10.6 Å². The van der Waals surface area contributed by atoms with Crippen LogP contribution in [0.3, 0.4) is 0 Å². The Bertz CT molecular complexity index is 686. The molecular weight excluding hydrogens is 310 g/mol. The molecule has 2 atom stereocenters. The molecule has 1 heterocycles. The van der Waals surface area contributed by atoms with E-state index in [1.807, 2.05) is 30.5 Å². The molecule has 6 heteroatoms. The molecule has 5 nitrogen and oxygen atoms in total. The smallest absolute Gasteiger partial charge is 0.223 e. The average Bonchev–Trinajstić information content (AvgIpc) is 3.22. The monoisotopic (exact) mass is 331 g/mol. The molecule has 1 aliphatic rings. The summed E-state index contributed by atoms with van der Waals surface area (Å²) in [6, 6.07) is 7.99. The lowest BCUT2D eigenvalue weighted by Gasteiger charge is -2.09. The van der Waals surface area contributed by atoms with E-state index in [9.17, 15) is 4.79 Å². The van der Waals surface area contributed by atoms with Gasteiger partial charge in [-0.25, -0.2) is 4.98 Å². The number of rotatable bonds is 5. The summed E-state index contributed by atoms with van der Waals surface area (Å²) in [7, 11) is 1.65. The van der Waals surface area contributed by atoms with Crippen LogP contribution in [0, 0.1) is 5.92 Å². The number of nitrogens with zero attached hydrogens (tertiary/aromatic N) is 1. The van der Waals surface area contributed by atoms with E-state index in [0.29, 0.717) is 6.54 Å². The predicted octanol–water partition coefficient (Wildman–Crippen LogP) is 2.56. The first-order chi connectivity index (χ1) is 11.2. The van der Waals surface area contributed by atoms with E-state index in [4.69, 9.17) is 10.5 Å². The van der Waals surface area contributed by atoms with Crippen molar-refractivity contribution in [2.45, 2.75) is 31.8 Å². The van der Waals surface area contributed by atoms with Crippen molar-refractivity contribution in [3.05, 3.63) is 35.3 Å². The maximum atomic E-state index is 12.1. The molecule has 0 radical (unpaired) electrons. The number of hydrogen-bond donors (Lipinski definition) is 2. The number of amides is 1. The van der Waals surface area contributed by atoms with Gasteiger partial charge in [0, 0.05) is 28.6 Å². The van der Waals surface area contributed by atoms with E-state index in [1.165, 1.54) is 0 Å². The van der Waals surface area contributed by atoms with E-state index < -0.39 is 0 Å². The fourth-order valence-corrected chi connectivity index (χ4v) is 3.70. The quantitative estimate of drug-likeness (QED) is 0.883. The van der Waals surface area contributed by atoms with Crippen molar-refractivity contribution < 1.29 is 9.53 Å². The highest BCUT2D eigenvalue weighted by atomic mass is 32.1. The molecule has 0 spiro atoms. The number of ether oxygens (including phenoxy) is 1. The molecule has 23 heavy (non-hydrogen) atoms. The molecule has 1 aromatic heterocycles. The van der Waals surface area contributed by atoms with Gasteiger partial charge in [-0.3, -0.25) is 4.79 Å². The highest BCUT2D eigenvalue weighted by Gasteiger charge is 2.27. The summed E-state index contributed by atoms with van der Waals surface area (Å²) in [6.45, 7) is 0.520. The number of methoxy groups -OCH3 is 1. The number of nitrogens with one attached hydrogen (secondary N) is 1. The van der Waals surface area contributed by atoms with Gasteiger partial charge in [-0.05, 0) is 31.4 Å². The SMILES string of the molecule is COc1cccc(-c2ncc(CNC(=O)[C@@H]3CC[C@H](N)C3)s2)c1. The van der Waals surface area contributed by atoms with E-state index >= 15 is 0 Å². The third-order valence-electron chi connectivity index (χ3n) is 4.15. The Hall–Kier alpha value is -1.92. The van der Waals surface area contributed by atoms with Gasteiger partial charge in [-0.15, -0.1) is 11.3 Å². The van der Waals surface area contributed by atoms with Crippen LogP contribution in [-0.4, -0.2) is 24.0 Å². The maximum Gasteiger partial charge on any atom is 0.223 e. The first-order valence-corrected chi connectivity index (χ1v) is 8.60. The van der Waals surface area contributed by atoms with Crippen LogP contribution in [0.5, 0.6) is 5.75 Å². The first kappa shape index (κ1) is 16.0. The molecule has 1 aromatic carbocycles. The van der Waals surface area contributed by atoms with Crippen LogP contribution in [0.2, 0.25) is 0 Å². The fourth-order valence-electron chi connectivity index (χ4n) is 2.85. The number of hydrogen-bond acceptors (Lipinski definition) is 5. The maximum absolute atomic E-state index is 12.1. The van der Waals surface area contributed by atoms with Crippen molar-refractivity contribution in [3.8, 4) is 16.3 Å². The Morgan fingerprint density at radius 1 is 1.48 bits per heavy atom. The summed E-state index contributed by atoms with van der Waals surface area (Å²) < 4.78 is 5.24. The molecule has 0 bridgehead atoms. The second kappa shape index (κ2) is 7.10. The minimum absolute atomic E-state index is 0.0655. The molecule has 122 valence electrons. The summed E-state index contributed by atoms with van der Waals surface area (Å²) in [5.74, 6) is 0.982. The summed E-state index contributed by atoms with van der Waals surface area (Å²) in [5.41, 5.74) is 6.89. The highest BCUT2D eigenvalue weighted by molar-refractivity contribution is 7.15. The molecule has 1 amide bonds. The summed E-state index contributed by atoms with van der Waals surface area (Å²) >= 11 is 1.58. The van der Waals surface area contributed by atoms with Gasteiger partial charge in [0.1, 0.15) is 10.8 Å². The zero-order valence-corrected chi connectivity index (χ0v) is 13.9. The average molecular weight is 331 g/mol. The van der Waals surface area contributed by atoms with Crippen LogP contribution in [0.4, 0.5) is 0 Å². The van der Waals surface area contributed by atoms with E-state index in [-0.39, 0.29) is 17.9 Å². The van der Waals surface area contributed by atoms with Crippen LogP contribution in [0.1, 0.15) is 24.1 Å². The van der Waals surface area contributed by atoms with Crippen LogP contribution >= 0.6 is 11.3 Å². The lowest BCUT2D eigenvalue weighted by atomic mass is 10.1. The number of aromatic nitrogens is 1. The van der Waals surface area contributed by atoms with Crippen molar-refractivity contribution >= 4 is 17.2 Å². The van der Waals surface area contributed by atoms with Crippen LogP contribution in [-0.2, 0) is 11.3 Å². The Morgan fingerprint density at radius 3 is 3.09 bits per heavy atom. The van der Waals surface area contributed by atoms with E-state index in [2.05, 4.69) is 10.3 Å².